The molecule has 1 amide bonds. The molecule has 0 aromatic heterocycles. The molecule has 2 aromatic rings. The van der Waals surface area contributed by atoms with Crippen molar-refractivity contribution < 1.29 is 13.9 Å². The largest absolute Gasteiger partial charge is 0.482 e. The van der Waals surface area contributed by atoms with Crippen LogP contribution in [-0.2, 0) is 11.3 Å². The number of fused-ring (bicyclic) bond motifs is 1. The average molecular weight is 418 g/mol. The summed E-state index contributed by atoms with van der Waals surface area (Å²) in [5, 5.41) is 0.307. The fraction of sp³-hybridized carbons (Fsp3) is 0.133. The normalized spacial score (nSPS) is 13.9. The van der Waals surface area contributed by atoms with Crippen LogP contribution < -0.4 is 9.64 Å². The van der Waals surface area contributed by atoms with Gasteiger partial charge in [-0.05, 0) is 58.5 Å². The Morgan fingerprint density at radius 2 is 2.10 bits per heavy atom. The summed E-state index contributed by atoms with van der Waals surface area (Å²) in [4.78, 5) is 13.7. The highest BCUT2D eigenvalue weighted by atomic mass is 127. The summed E-state index contributed by atoms with van der Waals surface area (Å²) in [6.45, 7) is 0.279. The van der Waals surface area contributed by atoms with Gasteiger partial charge in [-0.25, -0.2) is 4.39 Å². The zero-order valence-electron chi connectivity index (χ0n) is 10.8. The summed E-state index contributed by atoms with van der Waals surface area (Å²) in [6, 6.07) is 9.80. The van der Waals surface area contributed by atoms with Crippen LogP contribution >= 0.6 is 34.2 Å². The molecule has 21 heavy (non-hydrogen) atoms. The van der Waals surface area contributed by atoms with Crippen LogP contribution in [0.15, 0.2) is 36.4 Å². The first-order valence-corrected chi connectivity index (χ1v) is 7.67. The van der Waals surface area contributed by atoms with E-state index in [0.29, 0.717) is 22.0 Å². The number of benzene rings is 2. The maximum absolute atomic E-state index is 13.1. The van der Waals surface area contributed by atoms with Crippen molar-refractivity contribution in [2.24, 2.45) is 0 Å². The molecule has 2 aromatic carbocycles. The summed E-state index contributed by atoms with van der Waals surface area (Å²) in [5.41, 5.74) is 1.40. The lowest BCUT2D eigenvalue weighted by atomic mass is 10.1. The van der Waals surface area contributed by atoms with Crippen LogP contribution in [0.1, 0.15) is 5.56 Å². The molecule has 6 heteroatoms. The fourth-order valence-corrected chi connectivity index (χ4v) is 2.87. The second-order valence-corrected chi connectivity index (χ2v) is 6.27. The molecule has 0 saturated carbocycles. The van der Waals surface area contributed by atoms with Gasteiger partial charge in [0.2, 0.25) is 0 Å². The molecule has 0 bridgehead atoms. The Hall–Kier alpha value is -1.34. The molecule has 0 aliphatic carbocycles. The molecule has 3 nitrogen and oxygen atoms in total. The molecule has 1 heterocycles. The van der Waals surface area contributed by atoms with Crippen molar-refractivity contribution >= 4 is 45.8 Å². The Kier molecular flexibility index (Phi) is 4.03. The average Bonchev–Trinajstić information content (AvgIpc) is 2.44. The van der Waals surface area contributed by atoms with Gasteiger partial charge in [0.05, 0.1) is 12.2 Å². The standard InChI is InChI=1S/C15H10ClFINO2/c16-12-5-10(17)2-1-9(12)7-19-13-6-11(18)3-4-14(13)21-8-15(19)20/h1-6H,7-8H2. The number of carbonyl (C=O) groups is 1. The number of halogens is 3. The summed E-state index contributed by atoms with van der Waals surface area (Å²) in [5.74, 6) is 0.116. The van der Waals surface area contributed by atoms with Crippen LogP contribution in [0, 0.1) is 9.39 Å². The van der Waals surface area contributed by atoms with E-state index in [4.69, 9.17) is 16.3 Å². The minimum atomic E-state index is -0.396. The summed E-state index contributed by atoms with van der Waals surface area (Å²) in [7, 11) is 0. The molecule has 0 N–H and O–H groups in total. The minimum absolute atomic E-state index is 0.00753. The van der Waals surface area contributed by atoms with Crippen LogP contribution in [0.2, 0.25) is 5.02 Å². The Morgan fingerprint density at radius 1 is 1.29 bits per heavy atom. The van der Waals surface area contributed by atoms with Crippen molar-refractivity contribution in [3.63, 3.8) is 0 Å². The first-order chi connectivity index (χ1) is 10.0. The van der Waals surface area contributed by atoms with E-state index >= 15 is 0 Å². The van der Waals surface area contributed by atoms with Gasteiger partial charge in [-0.1, -0.05) is 17.7 Å². The number of carbonyl (C=O) groups excluding carboxylic acids is 1. The van der Waals surface area contributed by atoms with E-state index < -0.39 is 5.82 Å². The molecule has 0 unspecified atom stereocenters. The fourth-order valence-electron chi connectivity index (χ4n) is 2.17. The van der Waals surface area contributed by atoms with Crippen LogP contribution in [-0.4, -0.2) is 12.5 Å². The second kappa shape index (κ2) is 5.81. The molecule has 0 atom stereocenters. The number of rotatable bonds is 2. The predicted molar refractivity (Wildman–Crippen MR) is 87.3 cm³/mol. The highest BCUT2D eigenvalue weighted by molar-refractivity contribution is 14.1. The predicted octanol–water partition coefficient (Wildman–Crippen LogP) is 4.01. The number of ether oxygens (including phenoxy) is 1. The van der Waals surface area contributed by atoms with Crippen molar-refractivity contribution in [2.45, 2.75) is 6.54 Å². The van der Waals surface area contributed by atoms with E-state index in [1.165, 1.54) is 12.1 Å². The SMILES string of the molecule is O=C1COc2ccc(I)cc2N1Cc1ccc(F)cc1Cl. The van der Waals surface area contributed by atoms with Crippen molar-refractivity contribution in [1.82, 2.24) is 0 Å². The third-order valence-electron chi connectivity index (χ3n) is 3.21. The molecular formula is C15H10ClFINO2. The maximum Gasteiger partial charge on any atom is 0.265 e. The van der Waals surface area contributed by atoms with Crippen LogP contribution in [0.5, 0.6) is 5.75 Å². The monoisotopic (exact) mass is 417 g/mol. The van der Waals surface area contributed by atoms with Gasteiger partial charge in [0.1, 0.15) is 11.6 Å². The molecule has 1 aliphatic heterocycles. The number of amides is 1. The zero-order valence-corrected chi connectivity index (χ0v) is 13.7. The highest BCUT2D eigenvalue weighted by Crippen LogP contribution is 2.35. The Morgan fingerprint density at radius 3 is 2.86 bits per heavy atom. The Bertz CT molecular complexity index is 723. The van der Waals surface area contributed by atoms with Crippen molar-refractivity contribution in [3.8, 4) is 5.75 Å². The third-order valence-corrected chi connectivity index (χ3v) is 4.23. The van der Waals surface area contributed by atoms with Crippen LogP contribution in [0.4, 0.5) is 10.1 Å². The molecule has 0 radical (unpaired) electrons. The Labute approximate surface area is 139 Å². The lowest BCUT2D eigenvalue weighted by Gasteiger charge is -2.29. The molecule has 3 rings (SSSR count). The van der Waals surface area contributed by atoms with Gasteiger partial charge in [0.15, 0.2) is 6.61 Å². The van der Waals surface area contributed by atoms with E-state index in [1.807, 2.05) is 18.2 Å². The first-order valence-electron chi connectivity index (χ1n) is 6.21. The summed E-state index contributed by atoms with van der Waals surface area (Å²) in [6.07, 6.45) is 0. The third kappa shape index (κ3) is 2.98. The molecule has 1 aliphatic rings. The maximum atomic E-state index is 13.1. The van der Waals surface area contributed by atoms with Crippen LogP contribution in [0.3, 0.4) is 0 Å². The second-order valence-electron chi connectivity index (χ2n) is 4.62. The van der Waals surface area contributed by atoms with Gasteiger partial charge in [-0.2, -0.15) is 0 Å². The molecule has 0 fully saturated rings. The summed E-state index contributed by atoms with van der Waals surface area (Å²) < 4.78 is 19.5. The van der Waals surface area contributed by atoms with Crippen molar-refractivity contribution in [2.75, 3.05) is 11.5 Å². The van der Waals surface area contributed by atoms with Gasteiger partial charge in [-0.3, -0.25) is 4.79 Å². The van der Waals surface area contributed by atoms with Gasteiger partial charge in [-0.15, -0.1) is 0 Å². The van der Waals surface area contributed by atoms with Gasteiger partial charge in [0, 0.05) is 8.59 Å². The number of hydrogen-bond acceptors (Lipinski definition) is 2. The first kappa shape index (κ1) is 14.6. The quantitative estimate of drug-likeness (QED) is 0.691. The molecule has 0 saturated heterocycles. The van der Waals surface area contributed by atoms with Gasteiger partial charge >= 0.3 is 0 Å². The minimum Gasteiger partial charge on any atom is -0.482 e. The van der Waals surface area contributed by atoms with E-state index in [-0.39, 0.29) is 19.1 Å². The van der Waals surface area contributed by atoms with Crippen molar-refractivity contribution in [1.29, 1.82) is 0 Å². The van der Waals surface area contributed by atoms with Gasteiger partial charge in [0.25, 0.3) is 5.91 Å². The molecule has 108 valence electrons. The highest BCUT2D eigenvalue weighted by Gasteiger charge is 2.26. The zero-order chi connectivity index (χ0) is 15.0. The topological polar surface area (TPSA) is 29.5 Å². The lowest BCUT2D eigenvalue weighted by Crippen LogP contribution is -2.38. The van der Waals surface area contributed by atoms with Gasteiger partial charge < -0.3 is 9.64 Å². The number of anilines is 1. The molecule has 0 spiro atoms. The number of hydrogen-bond donors (Lipinski definition) is 0. The number of nitrogens with zero attached hydrogens (tertiary/aromatic N) is 1. The van der Waals surface area contributed by atoms with E-state index in [1.54, 1.807) is 11.0 Å². The van der Waals surface area contributed by atoms with Crippen LogP contribution in [0.25, 0.3) is 0 Å². The Balaban J connectivity index is 1.98. The van der Waals surface area contributed by atoms with E-state index in [9.17, 15) is 9.18 Å². The van der Waals surface area contributed by atoms with Crippen molar-refractivity contribution in [3.05, 3.63) is 56.4 Å². The smallest absolute Gasteiger partial charge is 0.265 e. The molecular weight excluding hydrogens is 408 g/mol. The van der Waals surface area contributed by atoms with E-state index in [0.717, 1.165) is 3.57 Å². The summed E-state index contributed by atoms with van der Waals surface area (Å²) >= 11 is 8.22. The lowest BCUT2D eigenvalue weighted by molar-refractivity contribution is -0.121. The van der Waals surface area contributed by atoms with E-state index in [2.05, 4.69) is 22.6 Å².